The minimum atomic E-state index is -0.241. The van der Waals surface area contributed by atoms with Gasteiger partial charge in [0.1, 0.15) is 6.10 Å². The summed E-state index contributed by atoms with van der Waals surface area (Å²) in [6.45, 7) is 7.41. The Kier molecular flexibility index (Phi) is 1.31. The molecule has 0 N–H and O–H groups in total. The molecule has 1 rings (SSSR count). The van der Waals surface area contributed by atoms with Crippen molar-refractivity contribution in [3.8, 4) is 0 Å². The lowest BCUT2D eigenvalue weighted by Crippen LogP contribution is -2.06. The van der Waals surface area contributed by atoms with E-state index in [9.17, 15) is 4.79 Å². The monoisotopic (exact) mass is 126 g/mol. The maximum absolute atomic E-state index is 10.7. The second kappa shape index (κ2) is 1.87. The first kappa shape index (κ1) is 6.33. The van der Waals surface area contributed by atoms with Crippen molar-refractivity contribution in [2.75, 3.05) is 0 Å². The fraction of sp³-hybridized carbons (Fsp3) is 0.571. The van der Waals surface area contributed by atoms with Crippen LogP contribution in [0.2, 0.25) is 0 Å². The third-order valence-corrected chi connectivity index (χ3v) is 1.81. The van der Waals surface area contributed by atoms with Crippen molar-refractivity contribution in [3.63, 3.8) is 0 Å². The van der Waals surface area contributed by atoms with Crippen LogP contribution in [0.15, 0.2) is 12.2 Å². The smallest absolute Gasteiger partial charge is 0.334 e. The molecule has 0 aromatic rings. The van der Waals surface area contributed by atoms with Gasteiger partial charge in [0.25, 0.3) is 0 Å². The van der Waals surface area contributed by atoms with E-state index in [2.05, 4.69) is 6.58 Å². The fourth-order valence-corrected chi connectivity index (χ4v) is 0.816. The molecule has 0 radical (unpaired) electrons. The molecule has 2 nitrogen and oxygen atoms in total. The van der Waals surface area contributed by atoms with Crippen molar-refractivity contribution in [2.45, 2.75) is 20.0 Å². The van der Waals surface area contributed by atoms with E-state index in [4.69, 9.17) is 4.74 Å². The number of carbonyl (C=O) groups is 1. The van der Waals surface area contributed by atoms with E-state index in [-0.39, 0.29) is 18.0 Å². The third-order valence-electron chi connectivity index (χ3n) is 1.81. The number of rotatable bonds is 0. The number of hydrogen-bond acceptors (Lipinski definition) is 2. The Labute approximate surface area is 54.5 Å². The maximum atomic E-state index is 10.7. The SMILES string of the molecule is C=C1C(=O)O[C@H](C)[C@@H]1C. The Hall–Kier alpha value is -0.790. The molecule has 0 bridgehead atoms. The molecule has 2 atom stereocenters. The van der Waals surface area contributed by atoms with Crippen LogP contribution in [-0.2, 0) is 9.53 Å². The van der Waals surface area contributed by atoms with Crippen LogP contribution in [0.25, 0.3) is 0 Å². The summed E-state index contributed by atoms with van der Waals surface area (Å²) in [6, 6.07) is 0. The summed E-state index contributed by atoms with van der Waals surface area (Å²) in [5.41, 5.74) is 0.600. The quantitative estimate of drug-likeness (QED) is 0.359. The normalized spacial score (nSPS) is 34.9. The second-order valence-corrected chi connectivity index (χ2v) is 2.42. The largest absolute Gasteiger partial charge is 0.459 e. The van der Waals surface area contributed by atoms with Gasteiger partial charge in [-0.1, -0.05) is 13.5 Å². The van der Waals surface area contributed by atoms with Gasteiger partial charge in [-0.2, -0.15) is 0 Å². The molecule has 1 aliphatic heterocycles. The van der Waals surface area contributed by atoms with Crippen LogP contribution in [0.4, 0.5) is 0 Å². The molecule has 50 valence electrons. The first-order valence-corrected chi connectivity index (χ1v) is 3.02. The Balaban J connectivity index is 2.77. The summed E-state index contributed by atoms with van der Waals surface area (Å²) in [5.74, 6) is -0.0486. The molecular weight excluding hydrogens is 116 g/mol. The fourth-order valence-electron chi connectivity index (χ4n) is 0.816. The summed E-state index contributed by atoms with van der Waals surface area (Å²) in [4.78, 5) is 10.7. The van der Waals surface area contributed by atoms with Crippen LogP contribution in [0, 0.1) is 5.92 Å². The summed E-state index contributed by atoms with van der Waals surface area (Å²) < 4.78 is 4.85. The molecule has 2 heteroatoms. The van der Waals surface area contributed by atoms with Gasteiger partial charge in [-0.05, 0) is 6.92 Å². The minimum absolute atomic E-state index is 0.0185. The van der Waals surface area contributed by atoms with Gasteiger partial charge in [0, 0.05) is 11.5 Å². The zero-order valence-corrected chi connectivity index (χ0v) is 5.68. The standard InChI is InChI=1S/C7H10O2/c1-4-5(2)7(8)9-6(4)3/h4,6H,2H2,1,3H3/t4-,6-/m1/s1. The van der Waals surface area contributed by atoms with Crippen molar-refractivity contribution in [1.29, 1.82) is 0 Å². The number of carbonyl (C=O) groups excluding carboxylic acids is 1. The van der Waals surface area contributed by atoms with Crippen molar-refractivity contribution in [2.24, 2.45) is 5.92 Å². The van der Waals surface area contributed by atoms with Gasteiger partial charge < -0.3 is 4.74 Å². The van der Waals surface area contributed by atoms with Gasteiger partial charge in [0.2, 0.25) is 0 Å². The lowest BCUT2D eigenvalue weighted by atomic mass is 10.0. The molecule has 0 spiro atoms. The highest BCUT2D eigenvalue weighted by Crippen LogP contribution is 2.24. The van der Waals surface area contributed by atoms with Crippen LogP contribution in [0.5, 0.6) is 0 Å². The number of cyclic esters (lactones) is 1. The molecule has 0 aromatic carbocycles. The van der Waals surface area contributed by atoms with E-state index in [0.717, 1.165) is 0 Å². The molecule has 9 heavy (non-hydrogen) atoms. The number of hydrogen-bond donors (Lipinski definition) is 0. The summed E-state index contributed by atoms with van der Waals surface area (Å²) >= 11 is 0. The van der Waals surface area contributed by atoms with Crippen LogP contribution < -0.4 is 0 Å². The van der Waals surface area contributed by atoms with Gasteiger partial charge in [-0.3, -0.25) is 0 Å². The van der Waals surface area contributed by atoms with E-state index >= 15 is 0 Å². The summed E-state index contributed by atoms with van der Waals surface area (Å²) in [6.07, 6.45) is 0.0185. The zero-order valence-electron chi connectivity index (χ0n) is 5.68. The molecule has 0 amide bonds. The predicted molar refractivity (Wildman–Crippen MR) is 33.9 cm³/mol. The van der Waals surface area contributed by atoms with E-state index in [1.165, 1.54) is 0 Å². The van der Waals surface area contributed by atoms with Crippen LogP contribution in [0.3, 0.4) is 0 Å². The van der Waals surface area contributed by atoms with Crippen molar-refractivity contribution >= 4 is 5.97 Å². The zero-order chi connectivity index (χ0) is 7.02. The molecule has 0 aliphatic carbocycles. The van der Waals surface area contributed by atoms with E-state index in [0.29, 0.717) is 5.57 Å². The molecule has 0 aromatic heterocycles. The Morgan fingerprint density at radius 1 is 1.56 bits per heavy atom. The Bertz CT molecular complexity index is 160. The topological polar surface area (TPSA) is 26.3 Å². The minimum Gasteiger partial charge on any atom is -0.459 e. The molecular formula is C7H10O2. The lowest BCUT2D eigenvalue weighted by Gasteiger charge is -2.03. The highest BCUT2D eigenvalue weighted by molar-refractivity contribution is 5.90. The van der Waals surface area contributed by atoms with E-state index in [1.54, 1.807) is 0 Å². The number of ether oxygens (including phenoxy) is 1. The average molecular weight is 126 g/mol. The highest BCUT2D eigenvalue weighted by atomic mass is 16.5. The first-order chi connectivity index (χ1) is 4.13. The summed E-state index contributed by atoms with van der Waals surface area (Å²) in [7, 11) is 0. The van der Waals surface area contributed by atoms with Crippen LogP contribution in [-0.4, -0.2) is 12.1 Å². The predicted octanol–water partition coefficient (Wildman–Crippen LogP) is 1.12. The van der Waals surface area contributed by atoms with Crippen molar-refractivity contribution in [3.05, 3.63) is 12.2 Å². The molecule has 1 saturated heterocycles. The van der Waals surface area contributed by atoms with Crippen LogP contribution >= 0.6 is 0 Å². The van der Waals surface area contributed by atoms with Gasteiger partial charge in [0.05, 0.1) is 0 Å². The lowest BCUT2D eigenvalue weighted by molar-refractivity contribution is -0.138. The van der Waals surface area contributed by atoms with Gasteiger partial charge in [0.15, 0.2) is 0 Å². The highest BCUT2D eigenvalue weighted by Gasteiger charge is 2.31. The molecule has 0 saturated carbocycles. The molecule has 0 unspecified atom stereocenters. The Morgan fingerprint density at radius 2 is 2.11 bits per heavy atom. The maximum Gasteiger partial charge on any atom is 0.334 e. The molecule has 1 heterocycles. The van der Waals surface area contributed by atoms with E-state index in [1.807, 2.05) is 13.8 Å². The third kappa shape index (κ3) is 0.846. The second-order valence-electron chi connectivity index (χ2n) is 2.42. The number of esters is 1. The van der Waals surface area contributed by atoms with Gasteiger partial charge >= 0.3 is 5.97 Å². The summed E-state index contributed by atoms with van der Waals surface area (Å²) in [5, 5.41) is 0. The molecule has 1 aliphatic rings. The first-order valence-electron chi connectivity index (χ1n) is 3.02. The van der Waals surface area contributed by atoms with E-state index < -0.39 is 0 Å². The van der Waals surface area contributed by atoms with Gasteiger partial charge in [-0.25, -0.2) is 4.79 Å². The van der Waals surface area contributed by atoms with Gasteiger partial charge in [-0.15, -0.1) is 0 Å². The van der Waals surface area contributed by atoms with Crippen molar-refractivity contribution in [1.82, 2.24) is 0 Å². The Morgan fingerprint density at radius 3 is 2.22 bits per heavy atom. The molecule has 1 fully saturated rings. The average Bonchev–Trinajstić information content (AvgIpc) is 1.98. The van der Waals surface area contributed by atoms with Crippen LogP contribution in [0.1, 0.15) is 13.8 Å². The van der Waals surface area contributed by atoms with Crippen molar-refractivity contribution < 1.29 is 9.53 Å².